The second-order valence-electron chi connectivity index (χ2n) is 7.73. The lowest BCUT2D eigenvalue weighted by molar-refractivity contribution is -0.253. The predicted molar refractivity (Wildman–Crippen MR) is 107 cm³/mol. The Morgan fingerprint density at radius 3 is 2.27 bits per heavy atom. The predicted octanol–water partition coefficient (Wildman–Crippen LogP) is 3.75. The lowest BCUT2D eigenvalue weighted by atomic mass is 10.0. The summed E-state index contributed by atoms with van der Waals surface area (Å²) in [5.41, 5.74) is -3.42. The van der Waals surface area contributed by atoms with Crippen LogP contribution in [-0.4, -0.2) is 53.6 Å². The van der Waals surface area contributed by atoms with Gasteiger partial charge in [0, 0.05) is 19.2 Å². The molecule has 1 rings (SSSR count). The SMILES string of the molecule is CC(=O)OC(C)(C(=O)Nc1ccc(NCC(O)COC(C)(C)C)cc1Cl)C(F)(F)F. The van der Waals surface area contributed by atoms with Crippen molar-refractivity contribution in [3.05, 3.63) is 23.2 Å². The zero-order valence-corrected chi connectivity index (χ0v) is 18.1. The molecular weight excluding hydrogens is 429 g/mol. The van der Waals surface area contributed by atoms with Crippen LogP contribution < -0.4 is 10.6 Å². The highest BCUT2D eigenvalue weighted by Gasteiger charge is 2.60. The summed E-state index contributed by atoms with van der Waals surface area (Å²) in [4.78, 5) is 23.2. The average Bonchev–Trinajstić information content (AvgIpc) is 2.57. The van der Waals surface area contributed by atoms with Crippen LogP contribution >= 0.6 is 11.6 Å². The van der Waals surface area contributed by atoms with E-state index in [1.807, 2.05) is 26.1 Å². The molecule has 1 amide bonds. The van der Waals surface area contributed by atoms with Gasteiger partial charge >= 0.3 is 12.1 Å². The van der Waals surface area contributed by atoms with E-state index >= 15 is 0 Å². The fraction of sp³-hybridized carbons (Fsp3) is 0.579. The molecule has 0 spiro atoms. The van der Waals surface area contributed by atoms with Crippen molar-refractivity contribution >= 4 is 34.9 Å². The Balaban J connectivity index is 2.82. The summed E-state index contributed by atoms with van der Waals surface area (Å²) in [6, 6.07) is 4.10. The number of carbonyl (C=O) groups excluding carboxylic acids is 2. The highest BCUT2D eigenvalue weighted by molar-refractivity contribution is 6.34. The molecule has 0 aliphatic rings. The van der Waals surface area contributed by atoms with E-state index in [1.165, 1.54) is 18.2 Å². The topological polar surface area (TPSA) is 96.9 Å². The Morgan fingerprint density at radius 2 is 1.80 bits per heavy atom. The second kappa shape index (κ2) is 9.84. The lowest BCUT2D eigenvalue weighted by Crippen LogP contribution is -2.55. The highest BCUT2D eigenvalue weighted by atomic mass is 35.5. The number of esters is 1. The largest absolute Gasteiger partial charge is 0.439 e. The number of amides is 1. The van der Waals surface area contributed by atoms with Gasteiger partial charge in [0.2, 0.25) is 0 Å². The number of aliphatic hydroxyl groups is 1. The molecule has 170 valence electrons. The molecule has 0 aliphatic heterocycles. The van der Waals surface area contributed by atoms with Gasteiger partial charge in [-0.05, 0) is 45.9 Å². The highest BCUT2D eigenvalue weighted by Crippen LogP contribution is 2.36. The lowest BCUT2D eigenvalue weighted by Gasteiger charge is -2.29. The molecule has 0 aliphatic carbocycles. The first-order valence-electron chi connectivity index (χ1n) is 8.98. The molecule has 30 heavy (non-hydrogen) atoms. The number of nitrogens with one attached hydrogen (secondary N) is 2. The quantitative estimate of drug-likeness (QED) is 0.518. The molecule has 2 atom stereocenters. The number of alkyl halides is 3. The van der Waals surface area contributed by atoms with Gasteiger partial charge in [-0.25, -0.2) is 0 Å². The zero-order valence-electron chi connectivity index (χ0n) is 17.3. The Hall–Kier alpha value is -2.04. The van der Waals surface area contributed by atoms with Crippen molar-refractivity contribution in [2.75, 3.05) is 23.8 Å². The van der Waals surface area contributed by atoms with Gasteiger partial charge < -0.3 is 25.2 Å². The van der Waals surface area contributed by atoms with E-state index in [4.69, 9.17) is 16.3 Å². The summed E-state index contributed by atoms with van der Waals surface area (Å²) in [7, 11) is 0. The summed E-state index contributed by atoms with van der Waals surface area (Å²) in [6.07, 6.45) is -5.94. The molecule has 0 aromatic heterocycles. The maximum atomic E-state index is 13.3. The number of rotatable bonds is 8. The van der Waals surface area contributed by atoms with Crippen LogP contribution in [0.1, 0.15) is 34.6 Å². The second-order valence-corrected chi connectivity index (χ2v) is 8.14. The van der Waals surface area contributed by atoms with Crippen molar-refractivity contribution < 1.29 is 37.3 Å². The van der Waals surface area contributed by atoms with Gasteiger partial charge in [-0.2, -0.15) is 13.2 Å². The van der Waals surface area contributed by atoms with Crippen molar-refractivity contribution in [2.45, 2.75) is 58.1 Å². The van der Waals surface area contributed by atoms with E-state index in [1.54, 1.807) is 0 Å². The van der Waals surface area contributed by atoms with Gasteiger partial charge in [0.05, 0.1) is 29.0 Å². The fourth-order valence-electron chi connectivity index (χ4n) is 2.13. The van der Waals surface area contributed by atoms with Crippen LogP contribution in [0.15, 0.2) is 18.2 Å². The van der Waals surface area contributed by atoms with Crippen LogP contribution in [-0.2, 0) is 19.1 Å². The van der Waals surface area contributed by atoms with Crippen molar-refractivity contribution in [1.29, 1.82) is 0 Å². The third-order valence-electron chi connectivity index (χ3n) is 3.79. The fourth-order valence-corrected chi connectivity index (χ4v) is 2.36. The molecule has 11 heteroatoms. The number of aliphatic hydroxyl groups excluding tert-OH is 1. The van der Waals surface area contributed by atoms with Crippen LogP contribution in [0.3, 0.4) is 0 Å². The number of hydrogen-bond donors (Lipinski definition) is 3. The number of anilines is 2. The van der Waals surface area contributed by atoms with Gasteiger partial charge in [0.15, 0.2) is 0 Å². The number of hydrogen-bond acceptors (Lipinski definition) is 6. The smallest absolute Gasteiger partial charge is 0.437 e. The maximum Gasteiger partial charge on any atom is 0.437 e. The Morgan fingerprint density at radius 1 is 1.20 bits per heavy atom. The van der Waals surface area contributed by atoms with Crippen molar-refractivity contribution in [3.8, 4) is 0 Å². The van der Waals surface area contributed by atoms with E-state index < -0.39 is 35.4 Å². The van der Waals surface area contributed by atoms with Crippen LogP contribution in [0.25, 0.3) is 0 Å². The average molecular weight is 455 g/mol. The molecule has 0 fully saturated rings. The zero-order chi connectivity index (χ0) is 23.3. The van der Waals surface area contributed by atoms with E-state index in [0.29, 0.717) is 12.6 Å². The minimum absolute atomic E-state index is 0.0545. The van der Waals surface area contributed by atoms with Crippen LogP contribution in [0, 0.1) is 0 Å². The minimum atomic E-state index is -5.14. The third kappa shape index (κ3) is 7.66. The molecule has 2 unspecified atom stereocenters. The van der Waals surface area contributed by atoms with E-state index in [9.17, 15) is 27.9 Å². The summed E-state index contributed by atoms with van der Waals surface area (Å²) in [6.45, 7) is 7.02. The summed E-state index contributed by atoms with van der Waals surface area (Å²) >= 11 is 6.05. The van der Waals surface area contributed by atoms with Crippen LogP contribution in [0.2, 0.25) is 5.02 Å². The van der Waals surface area contributed by atoms with Crippen molar-refractivity contribution in [3.63, 3.8) is 0 Å². The Kier molecular flexibility index (Phi) is 8.53. The standard InChI is InChI=1S/C19H26ClF3N2O5/c1-11(26)30-18(5,19(21,22)23)16(28)25-15-7-6-12(8-14(15)20)24-9-13(27)10-29-17(2,3)4/h6-8,13,24,27H,9-10H2,1-5H3,(H,25,28). The summed E-state index contributed by atoms with van der Waals surface area (Å²) in [5, 5.41) is 14.8. The molecule has 1 aromatic carbocycles. The molecule has 0 saturated heterocycles. The van der Waals surface area contributed by atoms with Gasteiger partial charge in [0.1, 0.15) is 0 Å². The normalized spacial score (nSPS) is 15.1. The first-order valence-corrected chi connectivity index (χ1v) is 9.36. The van der Waals surface area contributed by atoms with Crippen LogP contribution in [0.4, 0.5) is 24.5 Å². The number of carbonyl (C=O) groups is 2. The molecule has 0 saturated carbocycles. The van der Waals surface area contributed by atoms with Gasteiger partial charge in [-0.3, -0.25) is 9.59 Å². The van der Waals surface area contributed by atoms with E-state index in [2.05, 4.69) is 10.1 Å². The molecular formula is C19H26ClF3N2O5. The van der Waals surface area contributed by atoms with Gasteiger partial charge in [-0.1, -0.05) is 11.6 Å². The number of benzene rings is 1. The monoisotopic (exact) mass is 454 g/mol. The molecule has 1 aromatic rings. The first kappa shape index (κ1) is 26.0. The molecule has 0 radical (unpaired) electrons. The minimum Gasteiger partial charge on any atom is -0.439 e. The third-order valence-corrected chi connectivity index (χ3v) is 4.10. The number of ether oxygens (including phenoxy) is 2. The van der Waals surface area contributed by atoms with Crippen molar-refractivity contribution in [1.82, 2.24) is 0 Å². The summed E-state index contributed by atoms with van der Waals surface area (Å²) in [5.74, 6) is -2.85. The molecule has 3 N–H and O–H groups in total. The first-order chi connectivity index (χ1) is 13.5. The maximum absolute atomic E-state index is 13.3. The van der Waals surface area contributed by atoms with Crippen LogP contribution in [0.5, 0.6) is 0 Å². The Bertz CT molecular complexity index is 768. The molecule has 7 nitrogen and oxygen atoms in total. The van der Waals surface area contributed by atoms with Crippen molar-refractivity contribution in [2.24, 2.45) is 0 Å². The Labute approximate surface area is 177 Å². The van der Waals surface area contributed by atoms with E-state index in [0.717, 1.165) is 6.92 Å². The van der Waals surface area contributed by atoms with E-state index in [-0.39, 0.29) is 23.9 Å². The number of halogens is 4. The van der Waals surface area contributed by atoms with Gasteiger partial charge in [0.25, 0.3) is 11.5 Å². The summed E-state index contributed by atoms with van der Waals surface area (Å²) < 4.78 is 49.5. The molecule has 0 bridgehead atoms. The molecule has 0 heterocycles. The van der Waals surface area contributed by atoms with Gasteiger partial charge in [-0.15, -0.1) is 0 Å².